The second-order valence-electron chi connectivity index (χ2n) is 2.99. The third-order valence-corrected chi connectivity index (χ3v) is 2.09. The molecule has 1 aliphatic carbocycles. The van der Waals surface area contributed by atoms with E-state index in [-0.39, 0.29) is 13.0 Å². The molecule has 0 unspecified atom stereocenters. The van der Waals surface area contributed by atoms with Gasteiger partial charge in [-0.15, -0.1) is 0 Å². The molecule has 0 aromatic heterocycles. The number of halogens is 2. The topological polar surface area (TPSA) is 20.2 Å². The molecule has 0 amide bonds. The zero-order chi connectivity index (χ0) is 9.14. The fraction of sp³-hybridized carbons (Fsp3) is 0.556. The third kappa shape index (κ3) is 1.72. The summed E-state index contributed by atoms with van der Waals surface area (Å²) in [5.74, 6) is -1.49. The fourth-order valence-electron chi connectivity index (χ4n) is 1.27. The number of aliphatic hydroxyl groups excluding tert-OH is 1. The van der Waals surface area contributed by atoms with Gasteiger partial charge in [0.2, 0.25) is 0 Å². The Morgan fingerprint density at radius 2 is 1.92 bits per heavy atom. The van der Waals surface area contributed by atoms with Crippen LogP contribution in [0.3, 0.4) is 0 Å². The van der Waals surface area contributed by atoms with Crippen molar-refractivity contribution >= 4 is 0 Å². The standard InChI is InChI=1S/C9H12F2O/c1-6-2-3-7(4-5-12)9(11)8(6)10/h12H,2-5H2,1H3. The lowest BCUT2D eigenvalue weighted by molar-refractivity contribution is 0.295. The number of aliphatic hydroxyl groups is 1. The molecular weight excluding hydrogens is 162 g/mol. The Balaban J connectivity index is 2.87. The molecule has 3 heteroatoms. The van der Waals surface area contributed by atoms with Gasteiger partial charge in [-0.05, 0) is 37.3 Å². The molecule has 1 nitrogen and oxygen atoms in total. The summed E-state index contributed by atoms with van der Waals surface area (Å²) < 4.78 is 25.9. The zero-order valence-electron chi connectivity index (χ0n) is 7.03. The first-order chi connectivity index (χ1) is 5.66. The van der Waals surface area contributed by atoms with E-state index >= 15 is 0 Å². The summed E-state index contributed by atoms with van der Waals surface area (Å²) in [5.41, 5.74) is 0.870. The van der Waals surface area contributed by atoms with Crippen LogP contribution in [0.4, 0.5) is 8.78 Å². The predicted octanol–water partition coefficient (Wildman–Crippen LogP) is 2.63. The van der Waals surface area contributed by atoms with Gasteiger partial charge in [0.1, 0.15) is 0 Å². The van der Waals surface area contributed by atoms with Gasteiger partial charge in [0.05, 0.1) is 0 Å². The Morgan fingerprint density at radius 3 is 2.50 bits per heavy atom. The van der Waals surface area contributed by atoms with Gasteiger partial charge in [-0.25, -0.2) is 8.78 Å². The van der Waals surface area contributed by atoms with Gasteiger partial charge >= 0.3 is 0 Å². The van der Waals surface area contributed by atoms with E-state index in [1.165, 1.54) is 0 Å². The van der Waals surface area contributed by atoms with E-state index in [2.05, 4.69) is 0 Å². The molecular formula is C9H12F2O. The second-order valence-corrected chi connectivity index (χ2v) is 2.99. The van der Waals surface area contributed by atoms with Crippen molar-refractivity contribution < 1.29 is 13.9 Å². The Morgan fingerprint density at radius 1 is 1.25 bits per heavy atom. The first kappa shape index (κ1) is 9.39. The molecule has 0 aromatic carbocycles. The second kappa shape index (κ2) is 3.81. The summed E-state index contributed by atoms with van der Waals surface area (Å²) in [6.45, 7) is 1.47. The lowest BCUT2D eigenvalue weighted by atomic mass is 9.96. The number of hydrogen-bond acceptors (Lipinski definition) is 1. The van der Waals surface area contributed by atoms with Crippen LogP contribution in [0.1, 0.15) is 26.2 Å². The van der Waals surface area contributed by atoms with E-state index in [4.69, 9.17) is 5.11 Å². The van der Waals surface area contributed by atoms with Gasteiger partial charge in [0, 0.05) is 6.61 Å². The molecule has 1 rings (SSSR count). The summed E-state index contributed by atoms with van der Waals surface area (Å²) >= 11 is 0. The van der Waals surface area contributed by atoms with Gasteiger partial charge in [-0.1, -0.05) is 0 Å². The van der Waals surface area contributed by atoms with Crippen LogP contribution in [0, 0.1) is 0 Å². The maximum atomic E-state index is 13.0. The lowest BCUT2D eigenvalue weighted by Crippen LogP contribution is -2.01. The van der Waals surface area contributed by atoms with Crippen LogP contribution in [-0.2, 0) is 0 Å². The normalized spacial score (nSPS) is 19.0. The lowest BCUT2D eigenvalue weighted by Gasteiger charge is -2.14. The minimum atomic E-state index is -0.757. The fourth-order valence-corrected chi connectivity index (χ4v) is 1.27. The first-order valence-corrected chi connectivity index (χ1v) is 4.00. The average Bonchev–Trinajstić information content (AvgIpc) is 2.07. The Hall–Kier alpha value is -0.700. The maximum Gasteiger partial charge on any atom is 0.158 e. The quantitative estimate of drug-likeness (QED) is 0.682. The predicted molar refractivity (Wildman–Crippen MR) is 42.9 cm³/mol. The number of rotatable bonds is 2. The molecule has 0 saturated carbocycles. The summed E-state index contributed by atoms with van der Waals surface area (Å²) in [7, 11) is 0. The number of allylic oxidation sites excluding steroid dienone is 3. The van der Waals surface area contributed by atoms with E-state index in [0.717, 1.165) is 0 Å². The molecule has 0 aromatic rings. The van der Waals surface area contributed by atoms with Crippen molar-refractivity contribution in [1.82, 2.24) is 0 Å². The van der Waals surface area contributed by atoms with Crippen molar-refractivity contribution in [3.8, 4) is 0 Å². The van der Waals surface area contributed by atoms with Crippen LogP contribution < -0.4 is 0 Å². The van der Waals surface area contributed by atoms with Crippen LogP contribution in [0.2, 0.25) is 0 Å². The minimum Gasteiger partial charge on any atom is -0.396 e. The minimum absolute atomic E-state index is 0.116. The van der Waals surface area contributed by atoms with E-state index in [0.29, 0.717) is 24.0 Å². The molecule has 0 saturated heterocycles. The van der Waals surface area contributed by atoms with Crippen molar-refractivity contribution in [3.63, 3.8) is 0 Å². The van der Waals surface area contributed by atoms with Gasteiger partial charge in [-0.3, -0.25) is 0 Å². The molecule has 0 atom stereocenters. The molecule has 1 aliphatic rings. The highest BCUT2D eigenvalue weighted by Gasteiger charge is 2.18. The van der Waals surface area contributed by atoms with E-state index in [1.807, 2.05) is 0 Å². The largest absolute Gasteiger partial charge is 0.396 e. The summed E-state index contributed by atoms with van der Waals surface area (Å²) in [5, 5.41) is 8.55. The molecule has 0 spiro atoms. The van der Waals surface area contributed by atoms with Crippen LogP contribution in [-0.4, -0.2) is 11.7 Å². The molecule has 1 N–H and O–H groups in total. The Bertz CT molecular complexity index is 237. The number of hydrogen-bond donors (Lipinski definition) is 1. The van der Waals surface area contributed by atoms with Crippen molar-refractivity contribution in [2.75, 3.05) is 6.61 Å². The van der Waals surface area contributed by atoms with E-state index < -0.39 is 11.7 Å². The Kier molecular flexibility index (Phi) is 2.98. The summed E-state index contributed by atoms with van der Waals surface area (Å²) in [4.78, 5) is 0. The van der Waals surface area contributed by atoms with Crippen molar-refractivity contribution in [3.05, 3.63) is 22.8 Å². The monoisotopic (exact) mass is 174 g/mol. The van der Waals surface area contributed by atoms with Gasteiger partial charge in [0.15, 0.2) is 11.7 Å². The molecule has 0 aliphatic heterocycles. The first-order valence-electron chi connectivity index (χ1n) is 4.00. The highest BCUT2D eigenvalue weighted by molar-refractivity contribution is 5.33. The molecule has 0 bridgehead atoms. The van der Waals surface area contributed by atoms with Crippen molar-refractivity contribution in [1.29, 1.82) is 0 Å². The molecule has 12 heavy (non-hydrogen) atoms. The zero-order valence-corrected chi connectivity index (χ0v) is 7.03. The SMILES string of the molecule is CC1=C(F)C(F)=C(CCO)CC1. The maximum absolute atomic E-state index is 13.0. The van der Waals surface area contributed by atoms with Gasteiger partial charge < -0.3 is 5.11 Å². The Labute approximate surface area is 70.4 Å². The molecule has 0 heterocycles. The van der Waals surface area contributed by atoms with Crippen LogP contribution in [0.15, 0.2) is 22.8 Å². The van der Waals surface area contributed by atoms with Gasteiger partial charge in [-0.2, -0.15) is 0 Å². The summed E-state index contributed by atoms with van der Waals surface area (Å²) in [6, 6.07) is 0. The van der Waals surface area contributed by atoms with Crippen molar-refractivity contribution in [2.45, 2.75) is 26.2 Å². The van der Waals surface area contributed by atoms with Crippen LogP contribution in [0.25, 0.3) is 0 Å². The highest BCUT2D eigenvalue weighted by Crippen LogP contribution is 2.33. The van der Waals surface area contributed by atoms with E-state index in [1.54, 1.807) is 6.92 Å². The molecule has 0 radical (unpaired) electrons. The van der Waals surface area contributed by atoms with E-state index in [9.17, 15) is 8.78 Å². The third-order valence-electron chi connectivity index (χ3n) is 2.09. The summed E-state index contributed by atoms with van der Waals surface area (Å²) in [6.07, 6.45) is 1.34. The van der Waals surface area contributed by atoms with Gasteiger partial charge in [0.25, 0.3) is 0 Å². The van der Waals surface area contributed by atoms with Crippen LogP contribution in [0.5, 0.6) is 0 Å². The highest BCUT2D eigenvalue weighted by atomic mass is 19.2. The molecule has 68 valence electrons. The molecule has 0 fully saturated rings. The van der Waals surface area contributed by atoms with Crippen LogP contribution >= 0.6 is 0 Å². The average molecular weight is 174 g/mol. The van der Waals surface area contributed by atoms with Crippen molar-refractivity contribution in [2.24, 2.45) is 0 Å². The smallest absolute Gasteiger partial charge is 0.158 e.